The molecule has 0 atom stereocenters. The molecule has 136 valence electrons. The predicted molar refractivity (Wildman–Crippen MR) is 101 cm³/mol. The minimum absolute atomic E-state index is 0.511. The van der Waals surface area contributed by atoms with Crippen LogP contribution in [0.2, 0.25) is 0 Å². The third-order valence-electron chi connectivity index (χ3n) is 6.04. The molecule has 2 aromatic rings. The lowest BCUT2D eigenvalue weighted by molar-refractivity contribution is -0.135. The number of ether oxygens (including phenoxy) is 2. The van der Waals surface area contributed by atoms with Gasteiger partial charge in [-0.3, -0.25) is 0 Å². The first-order valence-corrected chi connectivity index (χ1v) is 9.58. The highest BCUT2D eigenvalue weighted by atomic mass is 16.7. The van der Waals surface area contributed by atoms with Gasteiger partial charge < -0.3 is 9.47 Å². The van der Waals surface area contributed by atoms with Crippen molar-refractivity contribution in [3.05, 3.63) is 70.8 Å². The summed E-state index contributed by atoms with van der Waals surface area (Å²) in [6, 6.07) is 16.6. The van der Waals surface area contributed by atoms with Gasteiger partial charge in [0.15, 0.2) is 0 Å². The van der Waals surface area contributed by atoms with Gasteiger partial charge in [-0.1, -0.05) is 59.7 Å². The summed E-state index contributed by atoms with van der Waals surface area (Å²) >= 11 is 0. The summed E-state index contributed by atoms with van der Waals surface area (Å²) in [5, 5.41) is 0. The normalized spacial score (nSPS) is 19.8. The molecular weight excluding hydrogens is 324 g/mol. The van der Waals surface area contributed by atoms with Gasteiger partial charge in [-0.15, -0.1) is 0 Å². The Kier molecular flexibility index (Phi) is 4.26. The fraction of sp³-hybridized carbons (Fsp3) is 0.435. The molecule has 0 N–H and O–H groups in total. The van der Waals surface area contributed by atoms with Crippen LogP contribution in [0.3, 0.4) is 0 Å². The molecular formula is C23H26O3. The minimum atomic E-state index is -0.537. The molecule has 26 heavy (non-hydrogen) atoms. The number of aryl methyl sites for hydroxylation is 2. The van der Waals surface area contributed by atoms with Crippen LogP contribution < -0.4 is 0 Å². The van der Waals surface area contributed by atoms with Crippen molar-refractivity contribution in [2.75, 3.05) is 0 Å². The van der Waals surface area contributed by atoms with Crippen LogP contribution in [-0.4, -0.2) is 6.16 Å². The molecule has 0 saturated heterocycles. The maximum absolute atomic E-state index is 12.7. The van der Waals surface area contributed by atoms with E-state index in [1.807, 2.05) is 0 Å². The van der Waals surface area contributed by atoms with Gasteiger partial charge in [0.05, 0.1) is 0 Å². The molecule has 2 aliphatic carbocycles. The molecule has 0 bridgehead atoms. The lowest BCUT2D eigenvalue weighted by Crippen LogP contribution is -2.44. The van der Waals surface area contributed by atoms with Crippen molar-refractivity contribution < 1.29 is 14.3 Å². The van der Waals surface area contributed by atoms with E-state index >= 15 is 0 Å². The van der Waals surface area contributed by atoms with Gasteiger partial charge in [-0.25, -0.2) is 4.79 Å². The van der Waals surface area contributed by atoms with Gasteiger partial charge in [0.2, 0.25) is 0 Å². The number of hydrogen-bond donors (Lipinski definition) is 0. The van der Waals surface area contributed by atoms with E-state index in [2.05, 4.69) is 62.4 Å². The number of benzene rings is 2. The number of hydrogen-bond acceptors (Lipinski definition) is 3. The maximum atomic E-state index is 12.7. The second kappa shape index (κ2) is 6.46. The first-order chi connectivity index (χ1) is 12.5. The van der Waals surface area contributed by atoms with Crippen molar-refractivity contribution in [3.63, 3.8) is 0 Å². The zero-order chi connectivity index (χ0) is 18.2. The largest absolute Gasteiger partial charge is 0.510 e. The zero-order valence-electron chi connectivity index (χ0n) is 15.6. The highest BCUT2D eigenvalue weighted by Crippen LogP contribution is 2.48. The fourth-order valence-electron chi connectivity index (χ4n) is 3.95. The molecule has 0 amide bonds. The van der Waals surface area contributed by atoms with Gasteiger partial charge in [-0.2, -0.15) is 0 Å². The summed E-state index contributed by atoms with van der Waals surface area (Å²) in [5.41, 5.74) is 3.54. The molecule has 0 heterocycles. The lowest BCUT2D eigenvalue weighted by atomic mass is 9.74. The third-order valence-corrected chi connectivity index (χ3v) is 6.04. The predicted octanol–water partition coefficient (Wildman–Crippen LogP) is 5.92. The first-order valence-electron chi connectivity index (χ1n) is 9.58. The number of carbonyl (C=O) groups excluding carboxylic acids is 1. The highest BCUT2D eigenvalue weighted by Gasteiger charge is 2.47. The average Bonchev–Trinajstić information content (AvgIpc) is 2.56. The Hall–Kier alpha value is -2.29. The summed E-state index contributed by atoms with van der Waals surface area (Å²) in [6.07, 6.45) is 5.07. The van der Waals surface area contributed by atoms with E-state index in [4.69, 9.17) is 9.47 Å². The molecule has 2 aliphatic rings. The van der Waals surface area contributed by atoms with Crippen LogP contribution in [-0.2, 0) is 20.7 Å². The minimum Gasteiger partial charge on any atom is -0.423 e. The van der Waals surface area contributed by atoms with E-state index in [9.17, 15) is 4.79 Å². The average molecular weight is 350 g/mol. The Morgan fingerprint density at radius 1 is 0.692 bits per heavy atom. The molecule has 0 aromatic heterocycles. The van der Waals surface area contributed by atoms with Crippen molar-refractivity contribution >= 4 is 6.16 Å². The van der Waals surface area contributed by atoms with E-state index in [-0.39, 0.29) is 0 Å². The Labute approximate surface area is 155 Å². The molecule has 4 rings (SSSR count). The third kappa shape index (κ3) is 3.00. The van der Waals surface area contributed by atoms with Crippen molar-refractivity contribution in [3.8, 4) is 0 Å². The van der Waals surface area contributed by atoms with Crippen LogP contribution in [0.4, 0.5) is 4.79 Å². The monoisotopic (exact) mass is 350 g/mol. The van der Waals surface area contributed by atoms with Gasteiger partial charge in [0.25, 0.3) is 0 Å². The molecule has 2 aromatic carbocycles. The Morgan fingerprint density at radius 2 is 1.04 bits per heavy atom. The van der Waals surface area contributed by atoms with Crippen LogP contribution in [0, 0.1) is 13.8 Å². The zero-order valence-corrected chi connectivity index (χ0v) is 15.6. The number of rotatable bonds is 4. The molecule has 3 nitrogen and oxygen atoms in total. The van der Waals surface area contributed by atoms with E-state index in [1.165, 1.54) is 11.1 Å². The summed E-state index contributed by atoms with van der Waals surface area (Å²) in [6.45, 7) is 4.13. The molecule has 0 unspecified atom stereocenters. The van der Waals surface area contributed by atoms with E-state index < -0.39 is 17.4 Å². The van der Waals surface area contributed by atoms with E-state index in [1.54, 1.807) is 0 Å². The maximum Gasteiger partial charge on any atom is 0.510 e. The second-order valence-corrected chi connectivity index (χ2v) is 7.88. The van der Waals surface area contributed by atoms with Crippen LogP contribution >= 0.6 is 0 Å². The highest BCUT2D eigenvalue weighted by molar-refractivity contribution is 5.62. The SMILES string of the molecule is Cc1ccc(C2(OC(=O)OC3(c4ccc(C)cc4)CCC3)CCC2)cc1. The second-order valence-electron chi connectivity index (χ2n) is 7.88. The van der Waals surface area contributed by atoms with Crippen molar-refractivity contribution in [2.24, 2.45) is 0 Å². The molecule has 0 radical (unpaired) electrons. The van der Waals surface area contributed by atoms with Crippen LogP contribution in [0.15, 0.2) is 48.5 Å². The Morgan fingerprint density at radius 3 is 1.31 bits per heavy atom. The van der Waals surface area contributed by atoms with E-state index in [0.29, 0.717) is 0 Å². The topological polar surface area (TPSA) is 35.5 Å². The van der Waals surface area contributed by atoms with Gasteiger partial charge >= 0.3 is 6.16 Å². The van der Waals surface area contributed by atoms with Crippen molar-refractivity contribution in [2.45, 2.75) is 63.6 Å². The smallest absolute Gasteiger partial charge is 0.423 e. The summed E-state index contributed by atoms with van der Waals surface area (Å²) < 4.78 is 11.8. The van der Waals surface area contributed by atoms with Crippen LogP contribution in [0.25, 0.3) is 0 Å². The van der Waals surface area contributed by atoms with Crippen molar-refractivity contribution in [1.29, 1.82) is 0 Å². The Bertz CT molecular complexity index is 714. The fourth-order valence-corrected chi connectivity index (χ4v) is 3.95. The molecule has 2 saturated carbocycles. The van der Waals surface area contributed by atoms with Crippen LogP contribution in [0.1, 0.15) is 60.8 Å². The van der Waals surface area contributed by atoms with E-state index in [0.717, 1.165) is 49.7 Å². The van der Waals surface area contributed by atoms with Gasteiger partial charge in [0.1, 0.15) is 11.2 Å². The molecule has 0 aliphatic heterocycles. The quantitative estimate of drug-likeness (QED) is 0.643. The summed E-state index contributed by atoms with van der Waals surface area (Å²) in [4.78, 5) is 12.7. The first kappa shape index (κ1) is 17.1. The standard InChI is InChI=1S/C23H26O3/c1-17-5-9-19(10-6-17)22(13-3-14-22)25-21(24)26-23(15-4-16-23)20-11-7-18(2)8-12-20/h5-12H,3-4,13-16H2,1-2H3. The number of carbonyl (C=O) groups is 1. The molecule has 0 spiro atoms. The van der Waals surface area contributed by atoms with Gasteiger partial charge in [0, 0.05) is 0 Å². The molecule has 2 fully saturated rings. The van der Waals surface area contributed by atoms with Gasteiger partial charge in [-0.05, 0) is 63.5 Å². The summed E-state index contributed by atoms with van der Waals surface area (Å²) in [5.74, 6) is 0. The molecule has 3 heteroatoms. The van der Waals surface area contributed by atoms with Crippen molar-refractivity contribution in [1.82, 2.24) is 0 Å². The summed E-state index contributed by atoms with van der Waals surface area (Å²) in [7, 11) is 0. The Balaban J connectivity index is 1.50. The van der Waals surface area contributed by atoms with Crippen LogP contribution in [0.5, 0.6) is 0 Å². The lowest BCUT2D eigenvalue weighted by Gasteiger charge is -2.44.